The second kappa shape index (κ2) is 25.6. The minimum absolute atomic E-state index is 0.0822. The van der Waals surface area contributed by atoms with Crippen LogP contribution >= 0.6 is 0 Å². The Labute approximate surface area is 308 Å². The highest BCUT2D eigenvalue weighted by atomic mass is 16.8. The molecule has 0 bridgehead atoms. The maximum absolute atomic E-state index is 11.6. The van der Waals surface area contributed by atoms with E-state index in [4.69, 9.17) is 34.2 Å². The van der Waals surface area contributed by atoms with Gasteiger partial charge in [-0.1, -0.05) is 5.06 Å². The van der Waals surface area contributed by atoms with Crippen LogP contribution in [0.2, 0.25) is 0 Å². The lowest BCUT2D eigenvalue weighted by Crippen LogP contribution is -2.32. The summed E-state index contributed by atoms with van der Waals surface area (Å²) in [5.41, 5.74) is 5.18. The van der Waals surface area contributed by atoms with E-state index in [9.17, 15) is 19.2 Å². The summed E-state index contributed by atoms with van der Waals surface area (Å²) in [5.74, 6) is 15.1. The molecule has 2 saturated carbocycles. The summed E-state index contributed by atoms with van der Waals surface area (Å²) < 4.78 is 30.9. The number of nitrogens with two attached hydrogens (primary N) is 1. The molecular formula is C38H59N3O11. The molecule has 6 atom stereocenters. The second-order valence-corrected chi connectivity index (χ2v) is 13.0. The van der Waals surface area contributed by atoms with E-state index >= 15 is 0 Å². The average molecular weight is 734 g/mol. The fraction of sp³-hybridized carbons (Fsp3) is 0.789. The van der Waals surface area contributed by atoms with Crippen molar-refractivity contribution in [3.05, 3.63) is 0 Å². The second-order valence-electron chi connectivity index (χ2n) is 13.0. The topological polar surface area (TPSA) is 174 Å². The first-order valence-corrected chi connectivity index (χ1v) is 18.9. The van der Waals surface area contributed by atoms with Gasteiger partial charge in [-0.25, -0.2) is 9.59 Å². The third kappa shape index (κ3) is 16.5. The molecule has 292 valence electrons. The Kier molecular flexibility index (Phi) is 21.1. The van der Waals surface area contributed by atoms with Gasteiger partial charge in [-0.3, -0.25) is 14.4 Å². The van der Waals surface area contributed by atoms with Crippen molar-refractivity contribution < 1.29 is 52.4 Å². The lowest BCUT2D eigenvalue weighted by atomic mass is 10.1. The number of hydrogen-bond donors (Lipinski definition) is 2. The maximum atomic E-state index is 11.6. The van der Waals surface area contributed by atoms with Gasteiger partial charge in [-0.2, -0.15) is 0 Å². The zero-order chi connectivity index (χ0) is 37.4. The fourth-order valence-electron chi connectivity index (χ4n) is 6.75. The molecule has 3 amide bonds. The SMILES string of the molecule is CCOCCOCCN.CCOCCOCCNC(=O)OCC1[C@H]2CCC#CCC[C@@H]12.O=C(OCC1[C@H]2CCC#CCC[C@@H]12)ON1C(=O)CCC1=O. The summed E-state index contributed by atoms with van der Waals surface area (Å²) in [5, 5.41) is 3.22. The molecule has 0 spiro atoms. The number of carbonyl (C=O) groups is 4. The Balaban J connectivity index is 0.000000229. The number of rotatable bonds is 18. The number of amides is 3. The molecule has 2 unspecified atom stereocenters. The van der Waals surface area contributed by atoms with Crippen molar-refractivity contribution in [1.29, 1.82) is 0 Å². The van der Waals surface area contributed by atoms with E-state index in [2.05, 4.69) is 33.8 Å². The van der Waals surface area contributed by atoms with Crippen molar-refractivity contribution in [3.63, 3.8) is 0 Å². The summed E-state index contributed by atoms with van der Waals surface area (Å²) in [6, 6.07) is 0. The van der Waals surface area contributed by atoms with E-state index in [1.54, 1.807) is 0 Å². The van der Waals surface area contributed by atoms with Crippen LogP contribution in [-0.4, -0.2) is 108 Å². The highest BCUT2D eigenvalue weighted by Crippen LogP contribution is 2.53. The first-order valence-electron chi connectivity index (χ1n) is 18.9. The predicted molar refractivity (Wildman–Crippen MR) is 190 cm³/mol. The molecule has 3 fully saturated rings. The highest BCUT2D eigenvalue weighted by molar-refractivity contribution is 6.01. The third-order valence-electron chi connectivity index (χ3n) is 9.58. The predicted octanol–water partition coefficient (Wildman–Crippen LogP) is 3.85. The van der Waals surface area contributed by atoms with E-state index in [0.717, 1.165) is 58.0 Å². The van der Waals surface area contributed by atoms with Gasteiger partial charge < -0.3 is 39.5 Å². The van der Waals surface area contributed by atoms with Gasteiger partial charge in [0, 0.05) is 64.8 Å². The zero-order valence-electron chi connectivity index (χ0n) is 31.0. The smallest absolute Gasteiger partial charge is 0.449 e. The highest BCUT2D eigenvalue weighted by Gasteiger charge is 2.50. The summed E-state index contributed by atoms with van der Waals surface area (Å²) in [4.78, 5) is 50.4. The molecule has 52 heavy (non-hydrogen) atoms. The number of carbonyl (C=O) groups excluding carboxylic acids is 4. The molecule has 0 aromatic heterocycles. The van der Waals surface area contributed by atoms with Crippen LogP contribution < -0.4 is 11.1 Å². The van der Waals surface area contributed by atoms with Gasteiger partial charge in [-0.15, -0.1) is 23.7 Å². The molecule has 14 heteroatoms. The molecule has 0 aromatic rings. The summed E-state index contributed by atoms with van der Waals surface area (Å²) >= 11 is 0. The number of ether oxygens (including phenoxy) is 6. The molecule has 1 aliphatic heterocycles. The molecule has 5 aliphatic rings. The molecule has 5 rings (SSSR count). The van der Waals surface area contributed by atoms with Crippen molar-refractivity contribution in [1.82, 2.24) is 10.4 Å². The van der Waals surface area contributed by atoms with Crippen molar-refractivity contribution >= 4 is 24.1 Å². The van der Waals surface area contributed by atoms with Crippen LogP contribution in [0.4, 0.5) is 9.59 Å². The molecule has 4 aliphatic carbocycles. The number of hydrogen-bond acceptors (Lipinski definition) is 12. The normalized spacial score (nSPS) is 25.1. The van der Waals surface area contributed by atoms with E-state index in [-0.39, 0.29) is 25.5 Å². The summed E-state index contributed by atoms with van der Waals surface area (Å²) in [7, 11) is 0. The van der Waals surface area contributed by atoms with Crippen LogP contribution in [0.1, 0.15) is 78.1 Å². The summed E-state index contributed by atoms with van der Waals surface area (Å²) in [6.07, 6.45) is 7.02. The number of imide groups is 1. The number of nitrogens with zero attached hydrogens (tertiary/aromatic N) is 1. The fourth-order valence-corrected chi connectivity index (χ4v) is 6.75. The van der Waals surface area contributed by atoms with Crippen molar-refractivity contribution in [3.8, 4) is 23.7 Å². The van der Waals surface area contributed by atoms with Crippen molar-refractivity contribution in [2.45, 2.75) is 78.1 Å². The largest absolute Gasteiger partial charge is 0.533 e. The van der Waals surface area contributed by atoms with Crippen LogP contribution in [0.25, 0.3) is 0 Å². The van der Waals surface area contributed by atoms with E-state index in [0.29, 0.717) is 107 Å². The third-order valence-corrected chi connectivity index (χ3v) is 9.58. The van der Waals surface area contributed by atoms with Gasteiger partial charge in [0.15, 0.2) is 0 Å². The van der Waals surface area contributed by atoms with Crippen LogP contribution in [0, 0.1) is 59.2 Å². The summed E-state index contributed by atoms with van der Waals surface area (Å²) in [6.45, 7) is 10.8. The van der Waals surface area contributed by atoms with Crippen molar-refractivity contribution in [2.75, 3.05) is 79.2 Å². The van der Waals surface area contributed by atoms with Gasteiger partial charge in [0.2, 0.25) is 0 Å². The molecular weight excluding hydrogens is 674 g/mol. The first kappa shape index (κ1) is 43.0. The Morgan fingerprint density at radius 2 is 1.12 bits per heavy atom. The van der Waals surface area contributed by atoms with Crippen LogP contribution in [0.3, 0.4) is 0 Å². The lowest BCUT2D eigenvalue weighted by Gasteiger charge is -2.12. The first-order chi connectivity index (χ1) is 25.4. The van der Waals surface area contributed by atoms with Crippen molar-refractivity contribution in [2.24, 2.45) is 41.2 Å². The Bertz CT molecular complexity index is 1170. The van der Waals surface area contributed by atoms with E-state index in [1.165, 1.54) is 0 Å². The standard InChI is InChI=1S/C17H27NO4.C15H17NO5.C6H15NO2/c1-2-20-11-12-21-10-9-18-17(19)22-13-16-14-7-5-3-4-6-8-15(14)16;17-13-7-8-14(18)16(13)21-15(19)20-9-12-10-5-3-1-2-4-6-11(10)12;1-2-8-5-6-9-4-3-7/h14-16H,2,5-13H2,1H3,(H,18,19);10-12H,3-9H2;2-7H2,1H3/t14-,15+,16?;10-,11+,12?;. The Morgan fingerprint density at radius 1 is 0.673 bits per heavy atom. The van der Waals surface area contributed by atoms with Crippen LogP contribution in [0.15, 0.2) is 0 Å². The number of fused-ring (bicyclic) bond motifs is 2. The van der Waals surface area contributed by atoms with Gasteiger partial charge in [0.1, 0.15) is 0 Å². The minimum atomic E-state index is -0.978. The molecule has 0 aromatic carbocycles. The maximum Gasteiger partial charge on any atom is 0.533 e. The number of alkyl carbamates (subject to hydrolysis) is 1. The zero-order valence-corrected chi connectivity index (χ0v) is 31.0. The molecule has 1 saturated heterocycles. The number of hydroxylamine groups is 2. The lowest BCUT2D eigenvalue weighted by molar-refractivity contribution is -0.177. The Morgan fingerprint density at radius 3 is 1.58 bits per heavy atom. The monoisotopic (exact) mass is 733 g/mol. The van der Waals surface area contributed by atoms with Gasteiger partial charge >= 0.3 is 12.2 Å². The Hall–Kier alpha value is -3.40. The average Bonchev–Trinajstić information content (AvgIpc) is 3.94. The number of nitrogens with one attached hydrogen (secondary N) is 1. The van der Waals surface area contributed by atoms with Gasteiger partial charge in [0.05, 0.1) is 52.9 Å². The van der Waals surface area contributed by atoms with E-state index < -0.39 is 18.0 Å². The van der Waals surface area contributed by atoms with Gasteiger partial charge in [0.25, 0.3) is 11.8 Å². The molecule has 0 radical (unpaired) electrons. The molecule has 1 heterocycles. The minimum Gasteiger partial charge on any atom is -0.449 e. The quantitative estimate of drug-likeness (QED) is 0.0903. The van der Waals surface area contributed by atoms with Gasteiger partial charge in [-0.05, 0) is 75.0 Å². The van der Waals surface area contributed by atoms with Crippen LogP contribution in [-0.2, 0) is 42.8 Å². The van der Waals surface area contributed by atoms with Crippen LogP contribution in [0.5, 0.6) is 0 Å². The van der Waals surface area contributed by atoms with E-state index in [1.807, 2.05) is 13.8 Å². The molecule has 14 nitrogen and oxygen atoms in total. The molecule has 3 N–H and O–H groups in total.